The van der Waals surface area contributed by atoms with Crippen LogP contribution in [0, 0.1) is 5.82 Å². The predicted octanol–water partition coefficient (Wildman–Crippen LogP) is 2.80. The average Bonchev–Trinajstić information content (AvgIpc) is 2.98. The fourth-order valence-electron chi connectivity index (χ4n) is 2.28. The molecule has 28 heavy (non-hydrogen) atoms. The first-order valence-corrected chi connectivity index (χ1v) is 7.86. The van der Waals surface area contributed by atoms with E-state index in [1.54, 1.807) is 0 Å². The number of nitrogens with one attached hydrogen (secondary N) is 1. The van der Waals surface area contributed by atoms with Crippen LogP contribution in [-0.4, -0.2) is 37.5 Å². The molecule has 0 aromatic carbocycles. The Morgan fingerprint density at radius 1 is 1.32 bits per heavy atom. The number of hydrogen-bond donors (Lipinski definition) is 2. The number of halogens is 4. The number of anilines is 2. The van der Waals surface area contributed by atoms with Crippen molar-refractivity contribution in [1.29, 1.82) is 0 Å². The first-order chi connectivity index (χ1) is 13.0. The van der Waals surface area contributed by atoms with Crippen molar-refractivity contribution in [2.75, 3.05) is 11.1 Å². The Morgan fingerprint density at radius 2 is 2.04 bits per heavy atom. The molecule has 3 N–H and O–H groups in total. The van der Waals surface area contributed by atoms with Crippen molar-refractivity contribution < 1.29 is 27.1 Å². The minimum atomic E-state index is -4.62. The van der Waals surface area contributed by atoms with Gasteiger partial charge in [0.25, 0.3) is 5.88 Å². The van der Waals surface area contributed by atoms with Crippen LogP contribution in [-0.2, 0) is 4.79 Å². The second kappa shape index (κ2) is 6.94. The third-order valence-corrected chi connectivity index (χ3v) is 3.62. The summed E-state index contributed by atoms with van der Waals surface area (Å²) in [5.74, 6) is -1.84. The second-order valence-electron chi connectivity index (χ2n) is 5.86. The predicted molar refractivity (Wildman–Crippen MR) is 91.0 cm³/mol. The van der Waals surface area contributed by atoms with Crippen LogP contribution >= 0.6 is 0 Å². The quantitative estimate of drug-likeness (QED) is 0.655. The summed E-state index contributed by atoms with van der Waals surface area (Å²) < 4.78 is 58.6. The smallest absolute Gasteiger partial charge is 0.425 e. The van der Waals surface area contributed by atoms with E-state index in [0.29, 0.717) is 0 Å². The molecule has 12 heteroatoms. The van der Waals surface area contributed by atoms with Gasteiger partial charge in [-0.15, -0.1) is 0 Å². The van der Waals surface area contributed by atoms with Crippen LogP contribution in [0.25, 0.3) is 16.9 Å². The number of amides is 1. The van der Waals surface area contributed by atoms with E-state index in [1.165, 1.54) is 29.9 Å². The zero-order valence-corrected chi connectivity index (χ0v) is 14.6. The Labute approximate surface area is 155 Å². The van der Waals surface area contributed by atoms with Crippen LogP contribution in [0.2, 0.25) is 0 Å². The number of aromatic nitrogens is 4. The lowest BCUT2D eigenvalue weighted by atomic mass is 10.2. The molecular weight excluding hydrogens is 384 g/mol. The summed E-state index contributed by atoms with van der Waals surface area (Å²) in [4.78, 5) is 22.7. The SMILES string of the molecule is CC(=O)Nc1cn2cc(-c3cnc(N)c(O[C@@H](C)C(F)(F)F)n3)cc(F)c2n1. The van der Waals surface area contributed by atoms with Crippen molar-refractivity contribution in [3.63, 3.8) is 0 Å². The number of fused-ring (bicyclic) bond motifs is 1. The van der Waals surface area contributed by atoms with Crippen molar-refractivity contribution in [2.45, 2.75) is 26.1 Å². The Kier molecular flexibility index (Phi) is 4.79. The Bertz CT molecular complexity index is 1050. The molecule has 1 atom stereocenters. The number of nitrogens with zero attached hydrogens (tertiary/aromatic N) is 4. The summed E-state index contributed by atoms with van der Waals surface area (Å²) >= 11 is 0. The van der Waals surface area contributed by atoms with Crippen molar-refractivity contribution in [1.82, 2.24) is 19.4 Å². The highest BCUT2D eigenvalue weighted by Crippen LogP contribution is 2.29. The molecule has 0 aliphatic heterocycles. The highest BCUT2D eigenvalue weighted by atomic mass is 19.4. The number of alkyl halides is 3. The van der Waals surface area contributed by atoms with Crippen LogP contribution in [0.4, 0.5) is 29.2 Å². The number of hydrogen-bond acceptors (Lipinski definition) is 6. The van der Waals surface area contributed by atoms with E-state index in [0.717, 1.165) is 13.0 Å². The molecule has 0 spiro atoms. The van der Waals surface area contributed by atoms with E-state index < -0.39 is 24.0 Å². The molecule has 3 aromatic rings. The van der Waals surface area contributed by atoms with Crippen LogP contribution in [0.3, 0.4) is 0 Å². The van der Waals surface area contributed by atoms with Crippen LogP contribution in [0.5, 0.6) is 5.88 Å². The number of nitrogens with two attached hydrogens (primary N) is 1. The number of carbonyl (C=O) groups is 1. The maximum Gasteiger partial charge on any atom is 0.425 e. The van der Waals surface area contributed by atoms with Gasteiger partial charge in [-0.3, -0.25) is 4.79 Å². The molecule has 0 aliphatic carbocycles. The van der Waals surface area contributed by atoms with Crippen LogP contribution in [0.1, 0.15) is 13.8 Å². The molecule has 8 nitrogen and oxygen atoms in total. The highest BCUT2D eigenvalue weighted by molar-refractivity contribution is 5.87. The van der Waals surface area contributed by atoms with Gasteiger partial charge < -0.3 is 20.2 Å². The lowest BCUT2D eigenvalue weighted by Crippen LogP contribution is -2.31. The van der Waals surface area contributed by atoms with E-state index in [2.05, 4.69) is 20.3 Å². The van der Waals surface area contributed by atoms with E-state index in [9.17, 15) is 22.4 Å². The summed E-state index contributed by atoms with van der Waals surface area (Å²) in [7, 11) is 0. The number of imidazole rings is 1. The van der Waals surface area contributed by atoms with Gasteiger partial charge in [-0.1, -0.05) is 0 Å². The van der Waals surface area contributed by atoms with Crippen molar-refractivity contribution in [2.24, 2.45) is 0 Å². The lowest BCUT2D eigenvalue weighted by molar-refractivity contribution is -0.189. The molecule has 3 aromatic heterocycles. The number of ether oxygens (including phenoxy) is 1. The third kappa shape index (κ3) is 3.94. The molecule has 0 unspecified atom stereocenters. The van der Waals surface area contributed by atoms with E-state index >= 15 is 0 Å². The fraction of sp³-hybridized carbons (Fsp3) is 0.250. The largest absolute Gasteiger partial charge is 0.462 e. The van der Waals surface area contributed by atoms with Gasteiger partial charge in [0.2, 0.25) is 5.91 Å². The number of carbonyl (C=O) groups excluding carboxylic acids is 1. The first kappa shape index (κ1) is 19.3. The van der Waals surface area contributed by atoms with E-state index in [-0.39, 0.29) is 34.4 Å². The molecule has 3 heterocycles. The summed E-state index contributed by atoms with van der Waals surface area (Å²) in [6.45, 7) is 2.08. The van der Waals surface area contributed by atoms with Gasteiger partial charge in [0.1, 0.15) is 0 Å². The molecule has 0 aliphatic rings. The molecule has 1 amide bonds. The number of nitrogen functional groups attached to an aromatic ring is 1. The van der Waals surface area contributed by atoms with Crippen LogP contribution in [0.15, 0.2) is 24.7 Å². The summed E-state index contributed by atoms with van der Waals surface area (Å²) in [5, 5.41) is 2.42. The first-order valence-electron chi connectivity index (χ1n) is 7.86. The second-order valence-corrected chi connectivity index (χ2v) is 5.86. The molecular formula is C16H14F4N6O2. The minimum Gasteiger partial charge on any atom is -0.462 e. The van der Waals surface area contributed by atoms with E-state index in [1.807, 2.05) is 0 Å². The third-order valence-electron chi connectivity index (χ3n) is 3.62. The topological polar surface area (TPSA) is 107 Å². The van der Waals surface area contributed by atoms with Crippen LogP contribution < -0.4 is 15.8 Å². The van der Waals surface area contributed by atoms with Gasteiger partial charge in [0.15, 0.2) is 29.2 Å². The van der Waals surface area contributed by atoms with Crippen molar-refractivity contribution >= 4 is 23.2 Å². The molecule has 0 radical (unpaired) electrons. The Morgan fingerprint density at radius 3 is 2.68 bits per heavy atom. The molecule has 3 rings (SSSR count). The standard InChI is InChI=1S/C16H14F4N6O2/c1-7(16(18,19)20)28-15-13(21)22-4-11(24-15)9-3-10(17)14-25-12(23-8(2)27)6-26(14)5-9/h3-7H,1-2H3,(H2,21,22)(H,23,27)/t7-/m0/s1. The summed E-state index contributed by atoms with van der Waals surface area (Å²) in [6, 6.07) is 1.08. The molecule has 0 bridgehead atoms. The Balaban J connectivity index is 2.00. The summed E-state index contributed by atoms with van der Waals surface area (Å²) in [5.41, 5.74) is 5.70. The van der Waals surface area contributed by atoms with E-state index in [4.69, 9.17) is 10.5 Å². The van der Waals surface area contributed by atoms with Gasteiger partial charge in [0.05, 0.1) is 18.1 Å². The molecule has 0 saturated heterocycles. The summed E-state index contributed by atoms with van der Waals surface area (Å²) in [6.07, 6.45) is -2.81. The maximum atomic E-state index is 14.4. The van der Waals surface area contributed by atoms with Gasteiger partial charge in [-0.2, -0.15) is 13.2 Å². The van der Waals surface area contributed by atoms with Gasteiger partial charge in [-0.05, 0) is 13.0 Å². The van der Waals surface area contributed by atoms with Gasteiger partial charge in [-0.25, -0.2) is 19.3 Å². The zero-order valence-electron chi connectivity index (χ0n) is 14.6. The van der Waals surface area contributed by atoms with Gasteiger partial charge >= 0.3 is 6.18 Å². The zero-order chi connectivity index (χ0) is 20.6. The lowest BCUT2D eigenvalue weighted by Gasteiger charge is -2.17. The molecule has 148 valence electrons. The normalized spacial score (nSPS) is 12.8. The maximum absolute atomic E-state index is 14.4. The highest BCUT2D eigenvalue weighted by Gasteiger charge is 2.38. The van der Waals surface area contributed by atoms with Crippen molar-refractivity contribution in [3.8, 4) is 17.1 Å². The molecule has 0 saturated carbocycles. The Hall–Kier alpha value is -3.44. The fourth-order valence-corrected chi connectivity index (χ4v) is 2.28. The average molecular weight is 398 g/mol. The minimum absolute atomic E-state index is 0.0363. The van der Waals surface area contributed by atoms with Gasteiger partial charge in [0, 0.05) is 18.7 Å². The number of rotatable bonds is 4. The number of pyridine rings is 1. The monoisotopic (exact) mass is 398 g/mol. The molecule has 0 fully saturated rings. The van der Waals surface area contributed by atoms with Crippen molar-refractivity contribution in [3.05, 3.63) is 30.5 Å².